The van der Waals surface area contributed by atoms with Crippen molar-refractivity contribution in [2.24, 2.45) is 0 Å². The molecule has 100 valence electrons. The summed E-state index contributed by atoms with van der Waals surface area (Å²) in [5.74, 6) is 0.676. The summed E-state index contributed by atoms with van der Waals surface area (Å²) in [4.78, 5) is 0. The van der Waals surface area contributed by atoms with Crippen LogP contribution < -0.4 is 5.73 Å². The number of hydrogen-bond acceptors (Lipinski definition) is 5. The number of benzene rings is 1. The van der Waals surface area contributed by atoms with E-state index in [4.69, 9.17) is 22.1 Å². The summed E-state index contributed by atoms with van der Waals surface area (Å²) >= 11 is 6.05. The number of anilines is 1. The molecule has 19 heavy (non-hydrogen) atoms. The molecule has 1 fully saturated rings. The van der Waals surface area contributed by atoms with Gasteiger partial charge in [-0.3, -0.25) is 0 Å². The van der Waals surface area contributed by atoms with Gasteiger partial charge in [-0.05, 0) is 42.0 Å². The molecule has 2 N–H and O–H groups in total. The Bertz CT molecular complexity index is 606. The SMILES string of the molecule is CC1(n2nnnc2-c2ccc(N)c(Cl)c2)CCOC1. The minimum Gasteiger partial charge on any atom is -0.398 e. The van der Waals surface area contributed by atoms with Crippen molar-refractivity contribution in [1.29, 1.82) is 0 Å². The van der Waals surface area contributed by atoms with E-state index in [1.165, 1.54) is 0 Å². The molecular weight excluding hydrogens is 266 g/mol. The molecule has 0 bridgehead atoms. The van der Waals surface area contributed by atoms with Crippen LogP contribution in [0.3, 0.4) is 0 Å². The largest absolute Gasteiger partial charge is 0.398 e. The summed E-state index contributed by atoms with van der Waals surface area (Å²) in [7, 11) is 0. The highest BCUT2D eigenvalue weighted by atomic mass is 35.5. The number of nitrogen functional groups attached to an aromatic ring is 1. The van der Waals surface area contributed by atoms with E-state index in [0.29, 0.717) is 23.1 Å². The topological polar surface area (TPSA) is 78.9 Å². The molecule has 1 aliphatic rings. The second-order valence-corrected chi connectivity index (χ2v) is 5.36. The fraction of sp³-hybridized carbons (Fsp3) is 0.417. The van der Waals surface area contributed by atoms with Gasteiger partial charge in [-0.15, -0.1) is 5.10 Å². The summed E-state index contributed by atoms with van der Waals surface area (Å²) in [6, 6.07) is 5.39. The number of hydrogen-bond donors (Lipinski definition) is 1. The lowest BCUT2D eigenvalue weighted by atomic mass is 10.0. The van der Waals surface area contributed by atoms with E-state index in [2.05, 4.69) is 22.4 Å². The molecule has 2 heterocycles. The van der Waals surface area contributed by atoms with Gasteiger partial charge in [0.15, 0.2) is 5.82 Å². The van der Waals surface area contributed by atoms with Crippen LogP contribution in [0.2, 0.25) is 5.02 Å². The van der Waals surface area contributed by atoms with E-state index in [0.717, 1.165) is 18.6 Å². The molecular formula is C12H14ClN5O. The molecule has 7 heteroatoms. The van der Waals surface area contributed by atoms with Crippen LogP contribution in [0.15, 0.2) is 18.2 Å². The maximum Gasteiger partial charge on any atom is 0.182 e. The zero-order valence-electron chi connectivity index (χ0n) is 10.5. The second-order valence-electron chi connectivity index (χ2n) is 4.95. The number of nitrogens with two attached hydrogens (primary N) is 1. The number of rotatable bonds is 2. The van der Waals surface area contributed by atoms with Crippen LogP contribution in [-0.4, -0.2) is 33.4 Å². The first kappa shape index (κ1) is 12.4. The molecule has 1 atom stereocenters. The predicted octanol–water partition coefficient (Wildman–Crippen LogP) is 1.71. The molecule has 0 aliphatic carbocycles. The standard InChI is InChI=1S/C12H14ClN5O/c1-12(4-5-19-7-12)18-11(15-16-17-18)8-2-3-10(14)9(13)6-8/h2-3,6H,4-5,7,14H2,1H3. The van der Waals surface area contributed by atoms with E-state index in [-0.39, 0.29) is 5.54 Å². The normalized spacial score (nSPS) is 22.8. The maximum atomic E-state index is 6.05. The van der Waals surface area contributed by atoms with Gasteiger partial charge >= 0.3 is 0 Å². The molecule has 1 unspecified atom stereocenters. The fourth-order valence-corrected chi connectivity index (χ4v) is 2.40. The van der Waals surface area contributed by atoms with Crippen LogP contribution >= 0.6 is 11.6 Å². The first-order valence-corrected chi connectivity index (χ1v) is 6.40. The minimum absolute atomic E-state index is 0.216. The van der Waals surface area contributed by atoms with Gasteiger partial charge in [-0.1, -0.05) is 11.6 Å². The van der Waals surface area contributed by atoms with Crippen LogP contribution in [0.4, 0.5) is 5.69 Å². The highest BCUT2D eigenvalue weighted by Crippen LogP contribution is 2.31. The third-order valence-electron chi connectivity index (χ3n) is 3.44. The fourth-order valence-electron chi connectivity index (χ4n) is 2.22. The lowest BCUT2D eigenvalue weighted by molar-refractivity contribution is 0.155. The van der Waals surface area contributed by atoms with Crippen molar-refractivity contribution >= 4 is 17.3 Å². The third-order valence-corrected chi connectivity index (χ3v) is 3.76. The van der Waals surface area contributed by atoms with Crippen LogP contribution in [0, 0.1) is 0 Å². The summed E-state index contributed by atoms with van der Waals surface area (Å²) in [5.41, 5.74) is 6.89. The number of tetrazole rings is 1. The molecule has 1 aliphatic heterocycles. The Balaban J connectivity index is 2.06. The number of halogens is 1. The average Bonchev–Trinajstić information content (AvgIpc) is 3.02. The van der Waals surface area contributed by atoms with E-state index < -0.39 is 0 Å². The van der Waals surface area contributed by atoms with Gasteiger partial charge in [0.25, 0.3) is 0 Å². The molecule has 0 spiro atoms. The average molecular weight is 280 g/mol. The van der Waals surface area contributed by atoms with Gasteiger partial charge in [0.1, 0.15) is 0 Å². The van der Waals surface area contributed by atoms with Crippen LogP contribution in [0.5, 0.6) is 0 Å². The Hall–Kier alpha value is -1.66. The lowest BCUT2D eigenvalue weighted by Gasteiger charge is -2.22. The van der Waals surface area contributed by atoms with Gasteiger partial charge in [-0.2, -0.15) is 0 Å². The van der Waals surface area contributed by atoms with E-state index >= 15 is 0 Å². The van der Waals surface area contributed by atoms with Gasteiger partial charge in [0, 0.05) is 12.2 Å². The van der Waals surface area contributed by atoms with Gasteiger partial charge in [0.2, 0.25) is 0 Å². The predicted molar refractivity (Wildman–Crippen MR) is 71.8 cm³/mol. The smallest absolute Gasteiger partial charge is 0.182 e. The van der Waals surface area contributed by atoms with Gasteiger partial charge in [0.05, 0.1) is 22.9 Å². The van der Waals surface area contributed by atoms with Crippen molar-refractivity contribution in [2.75, 3.05) is 18.9 Å². The molecule has 0 saturated carbocycles. The van der Waals surface area contributed by atoms with Crippen molar-refractivity contribution in [3.8, 4) is 11.4 Å². The van der Waals surface area contributed by atoms with Crippen molar-refractivity contribution in [1.82, 2.24) is 20.2 Å². The molecule has 1 aromatic heterocycles. The van der Waals surface area contributed by atoms with Crippen LogP contribution in [0.1, 0.15) is 13.3 Å². The Kier molecular flexibility index (Phi) is 2.91. The maximum absolute atomic E-state index is 6.05. The molecule has 1 saturated heterocycles. The number of ether oxygens (including phenoxy) is 1. The van der Waals surface area contributed by atoms with Crippen molar-refractivity contribution in [3.63, 3.8) is 0 Å². The minimum atomic E-state index is -0.216. The van der Waals surface area contributed by atoms with Crippen LogP contribution in [0.25, 0.3) is 11.4 Å². The zero-order chi connectivity index (χ0) is 13.5. The highest BCUT2D eigenvalue weighted by Gasteiger charge is 2.35. The van der Waals surface area contributed by atoms with Crippen molar-refractivity contribution < 1.29 is 4.74 Å². The van der Waals surface area contributed by atoms with E-state index in [1.54, 1.807) is 12.1 Å². The number of nitrogens with zero attached hydrogens (tertiary/aromatic N) is 4. The number of aromatic nitrogens is 4. The summed E-state index contributed by atoms with van der Waals surface area (Å²) < 4.78 is 7.26. The highest BCUT2D eigenvalue weighted by molar-refractivity contribution is 6.33. The van der Waals surface area contributed by atoms with Gasteiger partial charge in [-0.25, -0.2) is 4.68 Å². The molecule has 0 amide bonds. The monoisotopic (exact) mass is 279 g/mol. The summed E-state index contributed by atoms with van der Waals surface area (Å²) in [6.07, 6.45) is 0.883. The summed E-state index contributed by atoms with van der Waals surface area (Å²) in [6.45, 7) is 3.41. The molecule has 6 nitrogen and oxygen atoms in total. The zero-order valence-corrected chi connectivity index (χ0v) is 11.3. The molecule has 1 aromatic carbocycles. The molecule has 3 rings (SSSR count). The summed E-state index contributed by atoms with van der Waals surface area (Å²) in [5, 5.41) is 12.5. The Morgan fingerprint density at radius 1 is 1.47 bits per heavy atom. The first-order chi connectivity index (χ1) is 9.10. The van der Waals surface area contributed by atoms with Crippen molar-refractivity contribution in [2.45, 2.75) is 18.9 Å². The van der Waals surface area contributed by atoms with E-state index in [1.807, 2.05) is 10.7 Å². The van der Waals surface area contributed by atoms with E-state index in [9.17, 15) is 0 Å². The Morgan fingerprint density at radius 3 is 3.00 bits per heavy atom. The Labute approximate surface area is 115 Å². The van der Waals surface area contributed by atoms with Crippen LogP contribution in [-0.2, 0) is 10.3 Å². The molecule has 2 aromatic rings. The quantitative estimate of drug-likeness (QED) is 0.847. The first-order valence-electron chi connectivity index (χ1n) is 6.02. The van der Waals surface area contributed by atoms with Gasteiger partial charge < -0.3 is 10.5 Å². The molecule has 0 radical (unpaired) electrons. The lowest BCUT2D eigenvalue weighted by Crippen LogP contribution is -2.32. The Morgan fingerprint density at radius 2 is 2.32 bits per heavy atom. The second kappa shape index (κ2) is 4.47. The third kappa shape index (κ3) is 2.06. The van der Waals surface area contributed by atoms with Crippen molar-refractivity contribution in [3.05, 3.63) is 23.2 Å².